The maximum absolute atomic E-state index is 10.9. The molecule has 0 radical (unpaired) electrons. The zero-order valence-corrected chi connectivity index (χ0v) is 11.3. The zero-order valence-electron chi connectivity index (χ0n) is 10.3. The summed E-state index contributed by atoms with van der Waals surface area (Å²) in [5.41, 5.74) is 6.91. The van der Waals surface area contributed by atoms with Gasteiger partial charge in [-0.05, 0) is 36.3 Å². The lowest BCUT2D eigenvalue weighted by atomic mass is 9.75. The van der Waals surface area contributed by atoms with Crippen molar-refractivity contribution in [3.8, 4) is 5.75 Å². The van der Waals surface area contributed by atoms with E-state index in [9.17, 15) is 4.57 Å². The molecule has 94 valence electrons. The number of allylic oxidation sites excluding steroid dienone is 3. The highest BCUT2D eigenvalue weighted by Crippen LogP contribution is 2.36. The minimum absolute atomic E-state index is 0.185. The molecule has 2 rings (SSSR count). The van der Waals surface area contributed by atoms with Gasteiger partial charge in [-0.3, -0.25) is 0 Å². The van der Waals surface area contributed by atoms with Crippen LogP contribution in [0.5, 0.6) is 5.75 Å². The van der Waals surface area contributed by atoms with E-state index >= 15 is 0 Å². The Labute approximate surface area is 109 Å². The Morgan fingerprint density at radius 1 is 1.39 bits per heavy atom. The molecular weight excluding hydrogens is 245 g/mol. The molecule has 2 unspecified atom stereocenters. The normalized spacial score (nSPS) is 22.9. The van der Waals surface area contributed by atoms with Crippen LogP contribution in [0.1, 0.15) is 12.0 Å². The SMILES string of the molecule is COc1ccc(C2(CN)C=CC([PH+]=O)=CC2)cc1. The van der Waals surface area contributed by atoms with Crippen LogP contribution in [0.2, 0.25) is 0 Å². The first kappa shape index (κ1) is 13.0. The second kappa shape index (κ2) is 5.47. The lowest BCUT2D eigenvalue weighted by Crippen LogP contribution is -2.33. The van der Waals surface area contributed by atoms with Gasteiger partial charge in [-0.15, -0.1) is 0 Å². The van der Waals surface area contributed by atoms with Crippen LogP contribution in [0.25, 0.3) is 0 Å². The molecule has 0 spiro atoms. The summed E-state index contributed by atoms with van der Waals surface area (Å²) in [6.07, 6.45) is 6.76. The van der Waals surface area contributed by atoms with Gasteiger partial charge in [0.1, 0.15) is 5.75 Å². The van der Waals surface area contributed by atoms with E-state index in [1.54, 1.807) is 7.11 Å². The quantitative estimate of drug-likeness (QED) is 0.849. The molecule has 0 saturated heterocycles. The van der Waals surface area contributed by atoms with Crippen molar-refractivity contribution in [1.29, 1.82) is 0 Å². The molecule has 18 heavy (non-hydrogen) atoms. The monoisotopic (exact) mass is 262 g/mol. The van der Waals surface area contributed by atoms with E-state index in [1.165, 1.54) is 0 Å². The van der Waals surface area contributed by atoms with Gasteiger partial charge in [0.15, 0.2) is 5.31 Å². The summed E-state index contributed by atoms with van der Waals surface area (Å²) in [5.74, 6) is 0.836. The standard InChI is InChI=1S/C14H16NO2P/c1-17-12-4-2-11(3-5-12)14(10-15)8-6-13(18-16)7-9-14/h2-8H,9-10,15H2,1H3/p+1. The molecule has 1 aromatic rings. The van der Waals surface area contributed by atoms with E-state index in [2.05, 4.69) is 6.08 Å². The molecule has 0 aromatic heterocycles. The molecule has 4 heteroatoms. The van der Waals surface area contributed by atoms with Gasteiger partial charge in [0.2, 0.25) is 0 Å². The molecular formula is C14H17NO2P+. The fraction of sp³-hybridized carbons (Fsp3) is 0.286. The fourth-order valence-corrected chi connectivity index (χ4v) is 2.50. The summed E-state index contributed by atoms with van der Waals surface area (Å²) in [7, 11) is 1.25. The molecule has 0 aliphatic heterocycles. The highest BCUT2D eigenvalue weighted by atomic mass is 31.1. The third-order valence-corrected chi connectivity index (χ3v) is 4.02. The maximum atomic E-state index is 10.9. The van der Waals surface area contributed by atoms with Gasteiger partial charge in [-0.1, -0.05) is 22.8 Å². The van der Waals surface area contributed by atoms with Gasteiger partial charge in [0.25, 0.3) is 0 Å². The summed E-state index contributed by atoms with van der Waals surface area (Å²) in [4.78, 5) is 0. The van der Waals surface area contributed by atoms with E-state index in [0.29, 0.717) is 6.54 Å². The van der Waals surface area contributed by atoms with E-state index in [0.717, 1.165) is 23.0 Å². The van der Waals surface area contributed by atoms with Crippen LogP contribution in [-0.4, -0.2) is 13.7 Å². The van der Waals surface area contributed by atoms with Crippen molar-refractivity contribution >= 4 is 8.46 Å². The number of nitrogens with two attached hydrogens (primary N) is 1. The third-order valence-electron chi connectivity index (χ3n) is 3.42. The first-order chi connectivity index (χ1) is 8.74. The molecule has 0 heterocycles. The van der Waals surface area contributed by atoms with E-state index < -0.39 is 8.46 Å². The average molecular weight is 262 g/mol. The van der Waals surface area contributed by atoms with E-state index in [4.69, 9.17) is 10.5 Å². The van der Waals surface area contributed by atoms with Crippen LogP contribution >= 0.6 is 8.46 Å². The maximum Gasteiger partial charge on any atom is 0.362 e. The van der Waals surface area contributed by atoms with Crippen molar-refractivity contribution in [1.82, 2.24) is 0 Å². The van der Waals surface area contributed by atoms with Crippen LogP contribution in [0.15, 0.2) is 47.8 Å². The number of ether oxygens (including phenoxy) is 1. The molecule has 1 aromatic carbocycles. The first-order valence-electron chi connectivity index (χ1n) is 5.86. The molecule has 1 aliphatic carbocycles. The molecule has 0 saturated carbocycles. The molecule has 2 atom stereocenters. The van der Waals surface area contributed by atoms with Crippen LogP contribution in [0.3, 0.4) is 0 Å². The second-order valence-corrected chi connectivity index (χ2v) is 5.17. The summed E-state index contributed by atoms with van der Waals surface area (Å²) < 4.78 is 16.0. The number of methoxy groups -OCH3 is 1. The smallest absolute Gasteiger partial charge is 0.362 e. The largest absolute Gasteiger partial charge is 0.497 e. The van der Waals surface area contributed by atoms with Gasteiger partial charge >= 0.3 is 8.46 Å². The number of hydrogen-bond donors (Lipinski definition) is 1. The number of rotatable bonds is 4. The molecule has 0 amide bonds. The molecule has 1 aliphatic rings. The van der Waals surface area contributed by atoms with Gasteiger partial charge in [0.05, 0.1) is 7.11 Å². The topological polar surface area (TPSA) is 52.3 Å². The Morgan fingerprint density at radius 2 is 2.11 bits per heavy atom. The lowest BCUT2D eigenvalue weighted by Gasteiger charge is -2.30. The van der Waals surface area contributed by atoms with Crippen molar-refractivity contribution in [2.45, 2.75) is 11.8 Å². The van der Waals surface area contributed by atoms with Gasteiger partial charge in [0, 0.05) is 12.0 Å². The predicted molar refractivity (Wildman–Crippen MR) is 74.6 cm³/mol. The van der Waals surface area contributed by atoms with Crippen LogP contribution in [0.4, 0.5) is 0 Å². The minimum Gasteiger partial charge on any atom is -0.497 e. The van der Waals surface area contributed by atoms with Crippen molar-refractivity contribution in [2.24, 2.45) is 5.73 Å². The Balaban J connectivity index is 2.31. The first-order valence-corrected chi connectivity index (χ1v) is 6.77. The highest BCUT2D eigenvalue weighted by Gasteiger charge is 2.30. The Morgan fingerprint density at radius 3 is 2.56 bits per heavy atom. The summed E-state index contributed by atoms with van der Waals surface area (Å²) in [5, 5.41) is 0.868. The fourth-order valence-electron chi connectivity index (χ4n) is 2.16. The predicted octanol–water partition coefficient (Wildman–Crippen LogP) is 2.76. The van der Waals surface area contributed by atoms with Gasteiger partial charge < -0.3 is 10.5 Å². The molecule has 2 N–H and O–H groups in total. The van der Waals surface area contributed by atoms with Crippen molar-refractivity contribution in [2.75, 3.05) is 13.7 Å². The van der Waals surface area contributed by atoms with Crippen molar-refractivity contribution in [3.63, 3.8) is 0 Å². The van der Waals surface area contributed by atoms with E-state index in [-0.39, 0.29) is 5.41 Å². The number of benzene rings is 1. The Kier molecular flexibility index (Phi) is 3.95. The summed E-state index contributed by atoms with van der Waals surface area (Å²) in [6, 6.07) is 7.95. The highest BCUT2D eigenvalue weighted by molar-refractivity contribution is 7.29. The molecule has 3 nitrogen and oxygen atoms in total. The Hall–Kier alpha value is -1.44. The average Bonchev–Trinajstić information content (AvgIpc) is 2.47. The minimum atomic E-state index is -0.396. The zero-order chi connectivity index (χ0) is 13.0. The van der Waals surface area contributed by atoms with Crippen LogP contribution < -0.4 is 10.5 Å². The van der Waals surface area contributed by atoms with Crippen molar-refractivity contribution in [3.05, 3.63) is 53.4 Å². The van der Waals surface area contributed by atoms with Gasteiger partial charge in [-0.25, -0.2) is 0 Å². The molecule has 0 bridgehead atoms. The van der Waals surface area contributed by atoms with Crippen LogP contribution in [0, 0.1) is 0 Å². The third kappa shape index (κ3) is 2.38. The Bertz CT molecular complexity index is 493. The van der Waals surface area contributed by atoms with Gasteiger partial charge in [-0.2, -0.15) is 0 Å². The van der Waals surface area contributed by atoms with E-state index in [1.807, 2.05) is 36.4 Å². The van der Waals surface area contributed by atoms with Crippen LogP contribution in [-0.2, 0) is 9.98 Å². The second-order valence-electron chi connectivity index (χ2n) is 4.39. The lowest BCUT2D eigenvalue weighted by molar-refractivity contribution is 0.414. The number of hydrogen-bond acceptors (Lipinski definition) is 3. The van der Waals surface area contributed by atoms with Crippen molar-refractivity contribution < 1.29 is 9.30 Å². The summed E-state index contributed by atoms with van der Waals surface area (Å²) >= 11 is 0. The summed E-state index contributed by atoms with van der Waals surface area (Å²) in [6.45, 7) is 0.529. The molecule has 0 fully saturated rings.